The van der Waals surface area contributed by atoms with Gasteiger partial charge in [0.2, 0.25) is 41.4 Å². The Kier molecular flexibility index (Phi) is 25.7. The Morgan fingerprint density at radius 3 is 1.29 bits per heavy atom. The van der Waals surface area contributed by atoms with E-state index in [1.54, 1.807) is 20.8 Å². The molecule has 8 atom stereocenters. The molecule has 0 aliphatic heterocycles. The highest BCUT2D eigenvalue weighted by Gasteiger charge is 2.36. The topological polar surface area (TPSA) is 373 Å². The van der Waals surface area contributed by atoms with Gasteiger partial charge in [-0.25, -0.2) is 0 Å². The standard InChI is InChI=1S/C37H72N14O7/c1-8-21(5)28(46-23(7)52)35(58)51-29(22(6)9-2)34(57)49-26(16-13-19-45-37(42)43)32(55)50-27(20(3)4)33(56)48-25(14-10-11-17-38)31(54)47-24(30(39)53)15-12-18-44-36(40)41/h20-22,24-29H,8-19,38H2,1-7H3,(H2,39,53)(H,46,52)(H,47,54)(H,48,56)(H,49,57)(H,50,55)(H,51,58)(H4,40,41,44)(H4,42,43,45)/t21-,22-,24-,25-,26-,27-,28-,29-/m0/s1. The molecule has 0 radical (unpaired) electrons. The van der Waals surface area contributed by atoms with E-state index in [0.29, 0.717) is 38.6 Å². The smallest absolute Gasteiger partial charge is 0.243 e. The van der Waals surface area contributed by atoms with Crippen LogP contribution in [-0.2, 0) is 33.6 Å². The minimum absolute atomic E-state index is 0.0468. The maximum atomic E-state index is 14.0. The second kappa shape index (κ2) is 28.2. The number of nitrogens with one attached hydrogen (secondary N) is 6. The van der Waals surface area contributed by atoms with Crippen LogP contribution in [0.4, 0.5) is 0 Å². The molecule has 0 aliphatic rings. The summed E-state index contributed by atoms with van der Waals surface area (Å²) in [5, 5.41) is 16.2. The highest BCUT2D eigenvalue weighted by Crippen LogP contribution is 2.14. The van der Waals surface area contributed by atoms with Crippen molar-refractivity contribution in [1.82, 2.24) is 31.9 Å². The lowest BCUT2D eigenvalue weighted by molar-refractivity contribution is -0.136. The molecule has 18 N–H and O–H groups in total. The van der Waals surface area contributed by atoms with E-state index in [4.69, 9.17) is 34.4 Å². The normalized spacial score (nSPS) is 15.1. The summed E-state index contributed by atoms with van der Waals surface area (Å²) in [7, 11) is 0. The summed E-state index contributed by atoms with van der Waals surface area (Å²) in [4.78, 5) is 101. The summed E-state index contributed by atoms with van der Waals surface area (Å²) in [6.07, 6.45) is 3.01. The van der Waals surface area contributed by atoms with E-state index < -0.39 is 83.5 Å². The number of nitrogens with two attached hydrogens (primary N) is 6. The SMILES string of the molecule is CC[C@H](C)[C@H](NC(C)=O)C(=O)N[C@H](C(=O)N[C@@H](CCCN=C(N)N)C(=O)N[C@H](C(=O)N[C@@H](CCCCN)C(=O)N[C@@H](CCCN=C(N)N)C(N)=O)C(C)C)[C@@H](C)CC. The summed E-state index contributed by atoms with van der Waals surface area (Å²) in [6.45, 7) is 12.7. The fourth-order valence-corrected chi connectivity index (χ4v) is 5.77. The summed E-state index contributed by atoms with van der Waals surface area (Å²) in [5.74, 6) is -5.86. The van der Waals surface area contributed by atoms with Crippen LogP contribution in [0.25, 0.3) is 0 Å². The zero-order valence-corrected chi connectivity index (χ0v) is 35.4. The van der Waals surface area contributed by atoms with Crippen molar-refractivity contribution in [1.29, 1.82) is 0 Å². The van der Waals surface area contributed by atoms with Crippen molar-refractivity contribution >= 4 is 53.3 Å². The molecule has 7 amide bonds. The number of carbonyl (C=O) groups excluding carboxylic acids is 7. The maximum Gasteiger partial charge on any atom is 0.243 e. The Hall–Kier alpha value is -5.21. The van der Waals surface area contributed by atoms with Crippen molar-refractivity contribution in [3.8, 4) is 0 Å². The number of hydrogen-bond donors (Lipinski definition) is 12. The number of primary amides is 1. The minimum Gasteiger partial charge on any atom is -0.370 e. The van der Waals surface area contributed by atoms with E-state index in [0.717, 1.165) is 0 Å². The number of rotatable bonds is 29. The van der Waals surface area contributed by atoms with E-state index in [9.17, 15) is 33.6 Å². The summed E-state index contributed by atoms with van der Waals surface area (Å²) < 4.78 is 0. The van der Waals surface area contributed by atoms with E-state index in [-0.39, 0.29) is 62.5 Å². The fraction of sp³-hybridized carbons (Fsp3) is 0.757. The molecule has 58 heavy (non-hydrogen) atoms. The molecular weight excluding hydrogens is 752 g/mol. The van der Waals surface area contributed by atoms with Crippen LogP contribution in [0.5, 0.6) is 0 Å². The van der Waals surface area contributed by atoms with E-state index >= 15 is 0 Å². The Bertz CT molecular complexity index is 1400. The number of unbranched alkanes of at least 4 members (excludes halogenated alkanes) is 1. The molecule has 21 nitrogen and oxygen atoms in total. The minimum atomic E-state index is -1.21. The summed E-state index contributed by atoms with van der Waals surface area (Å²) in [6, 6.07) is -6.57. The van der Waals surface area contributed by atoms with E-state index in [1.165, 1.54) is 6.92 Å². The lowest BCUT2D eigenvalue weighted by Crippen LogP contribution is -2.61. The quantitative estimate of drug-likeness (QED) is 0.0210. The second-order valence-electron chi connectivity index (χ2n) is 14.9. The Labute approximate surface area is 342 Å². The number of aliphatic imine (C=N–C) groups is 2. The third-order valence-electron chi connectivity index (χ3n) is 9.66. The van der Waals surface area contributed by atoms with Gasteiger partial charge >= 0.3 is 0 Å². The van der Waals surface area contributed by atoms with Crippen molar-refractivity contribution in [3.63, 3.8) is 0 Å². The number of carbonyl (C=O) groups is 7. The van der Waals surface area contributed by atoms with E-state index in [1.807, 2.05) is 20.8 Å². The molecule has 0 aromatic heterocycles. The van der Waals surface area contributed by atoms with Crippen molar-refractivity contribution in [3.05, 3.63) is 0 Å². The molecular formula is C37H72N14O7. The Morgan fingerprint density at radius 2 is 0.879 bits per heavy atom. The average molecular weight is 825 g/mol. The number of nitrogens with zero attached hydrogens (tertiary/aromatic N) is 2. The largest absolute Gasteiger partial charge is 0.370 e. The lowest BCUT2D eigenvalue weighted by Gasteiger charge is -2.30. The first-order chi connectivity index (χ1) is 27.2. The van der Waals surface area contributed by atoms with Crippen LogP contribution in [-0.4, -0.2) is 109 Å². The predicted molar refractivity (Wildman–Crippen MR) is 223 cm³/mol. The molecule has 0 rings (SSSR count). The van der Waals surface area contributed by atoms with E-state index in [2.05, 4.69) is 41.9 Å². The summed E-state index contributed by atoms with van der Waals surface area (Å²) in [5.41, 5.74) is 32.9. The number of amides is 7. The Balaban J connectivity index is 6.42. The maximum absolute atomic E-state index is 14.0. The van der Waals surface area contributed by atoms with Gasteiger partial charge in [0.15, 0.2) is 11.9 Å². The first-order valence-electron chi connectivity index (χ1n) is 20.1. The van der Waals surface area contributed by atoms with Gasteiger partial charge in [-0.3, -0.25) is 43.5 Å². The van der Waals surface area contributed by atoms with Crippen molar-refractivity contribution in [2.24, 2.45) is 62.1 Å². The summed E-state index contributed by atoms with van der Waals surface area (Å²) >= 11 is 0. The zero-order valence-electron chi connectivity index (χ0n) is 35.4. The molecule has 0 bridgehead atoms. The van der Waals surface area contributed by atoms with Gasteiger partial charge in [-0.05, 0) is 69.2 Å². The van der Waals surface area contributed by atoms with Crippen LogP contribution in [0.2, 0.25) is 0 Å². The molecule has 0 aromatic carbocycles. The zero-order chi connectivity index (χ0) is 44.5. The Morgan fingerprint density at radius 1 is 0.500 bits per heavy atom. The van der Waals surface area contributed by atoms with Gasteiger partial charge in [0.25, 0.3) is 0 Å². The second-order valence-corrected chi connectivity index (χ2v) is 14.9. The highest BCUT2D eigenvalue weighted by atomic mass is 16.2. The monoisotopic (exact) mass is 825 g/mol. The number of hydrogen-bond acceptors (Lipinski definition) is 10. The third-order valence-corrected chi connectivity index (χ3v) is 9.66. The van der Waals surface area contributed by atoms with Gasteiger partial charge in [-0.15, -0.1) is 0 Å². The van der Waals surface area contributed by atoms with Crippen molar-refractivity contribution in [2.75, 3.05) is 19.6 Å². The predicted octanol–water partition coefficient (Wildman–Crippen LogP) is -2.62. The molecule has 0 saturated heterocycles. The highest BCUT2D eigenvalue weighted by molar-refractivity contribution is 5.97. The average Bonchev–Trinajstić information content (AvgIpc) is 3.15. The molecule has 0 spiro atoms. The van der Waals surface area contributed by atoms with Gasteiger partial charge in [-0.1, -0.05) is 54.4 Å². The molecule has 0 unspecified atom stereocenters. The van der Waals surface area contributed by atoms with Gasteiger partial charge in [0.05, 0.1) is 0 Å². The first kappa shape index (κ1) is 52.8. The van der Waals surface area contributed by atoms with Crippen LogP contribution in [0.15, 0.2) is 9.98 Å². The molecule has 332 valence electrons. The molecule has 21 heteroatoms. The van der Waals surface area contributed by atoms with Gasteiger partial charge in [-0.2, -0.15) is 0 Å². The fourth-order valence-electron chi connectivity index (χ4n) is 5.77. The molecule has 0 fully saturated rings. The first-order valence-corrected chi connectivity index (χ1v) is 20.1. The molecule has 0 aliphatic carbocycles. The molecule has 0 aromatic rings. The van der Waals surface area contributed by atoms with Crippen LogP contribution in [0.3, 0.4) is 0 Å². The van der Waals surface area contributed by atoms with Gasteiger partial charge < -0.3 is 66.3 Å². The van der Waals surface area contributed by atoms with Crippen LogP contribution in [0.1, 0.15) is 106 Å². The van der Waals surface area contributed by atoms with Crippen molar-refractivity contribution in [2.45, 2.75) is 143 Å². The molecule has 0 heterocycles. The van der Waals surface area contributed by atoms with Crippen molar-refractivity contribution < 1.29 is 33.6 Å². The number of guanidine groups is 2. The van der Waals surface area contributed by atoms with Crippen LogP contribution < -0.4 is 66.3 Å². The third kappa shape index (κ3) is 20.8. The van der Waals surface area contributed by atoms with Gasteiger partial charge in [0, 0.05) is 20.0 Å². The van der Waals surface area contributed by atoms with Gasteiger partial charge in [0.1, 0.15) is 36.3 Å². The lowest BCUT2D eigenvalue weighted by atomic mass is 9.94. The van der Waals surface area contributed by atoms with Crippen LogP contribution >= 0.6 is 0 Å². The van der Waals surface area contributed by atoms with Crippen LogP contribution in [0, 0.1) is 17.8 Å². The molecule has 0 saturated carbocycles.